The molecule has 1 amide bonds. The summed E-state index contributed by atoms with van der Waals surface area (Å²) in [6.07, 6.45) is 6.82. The number of carboxylic acids is 1. The molecule has 0 saturated heterocycles. The Morgan fingerprint density at radius 3 is 2.43 bits per heavy atom. The van der Waals surface area contributed by atoms with Gasteiger partial charge in [-0.2, -0.15) is 0 Å². The van der Waals surface area contributed by atoms with Gasteiger partial charge in [-0.3, -0.25) is 14.5 Å². The number of amides is 1. The number of aliphatic carboxylic acids is 1. The SMILES string of the molecule is CC(CNC(=O)CC1(CC(=O)O)CCCC1)N(C)C1CC1. The van der Waals surface area contributed by atoms with Crippen molar-refractivity contribution in [2.75, 3.05) is 13.6 Å². The summed E-state index contributed by atoms with van der Waals surface area (Å²) in [5, 5.41) is 12.1. The first-order valence-corrected chi connectivity index (χ1v) is 8.12. The van der Waals surface area contributed by atoms with E-state index in [9.17, 15) is 9.59 Å². The van der Waals surface area contributed by atoms with Crippen LogP contribution in [0.25, 0.3) is 0 Å². The van der Waals surface area contributed by atoms with Crippen molar-refractivity contribution in [3.05, 3.63) is 0 Å². The lowest BCUT2D eigenvalue weighted by molar-refractivity contribution is -0.140. The Hall–Kier alpha value is -1.10. The Kier molecular flexibility index (Phi) is 5.25. The van der Waals surface area contributed by atoms with Crippen molar-refractivity contribution in [3.8, 4) is 0 Å². The Morgan fingerprint density at radius 2 is 1.90 bits per heavy atom. The van der Waals surface area contributed by atoms with Crippen LogP contribution in [0.3, 0.4) is 0 Å². The number of likely N-dealkylation sites (N-methyl/N-ethyl adjacent to an activating group) is 1. The van der Waals surface area contributed by atoms with Crippen LogP contribution in [0.4, 0.5) is 0 Å². The number of carboxylic acid groups (broad SMARTS) is 1. The first-order valence-electron chi connectivity index (χ1n) is 8.12. The quantitative estimate of drug-likeness (QED) is 0.719. The van der Waals surface area contributed by atoms with Gasteiger partial charge in [0.05, 0.1) is 6.42 Å². The van der Waals surface area contributed by atoms with Crippen molar-refractivity contribution in [2.24, 2.45) is 5.41 Å². The Balaban J connectivity index is 1.78. The van der Waals surface area contributed by atoms with Crippen LogP contribution in [0, 0.1) is 5.41 Å². The highest BCUT2D eigenvalue weighted by molar-refractivity contribution is 5.78. The maximum Gasteiger partial charge on any atom is 0.303 e. The van der Waals surface area contributed by atoms with E-state index in [0.29, 0.717) is 25.0 Å². The molecule has 1 atom stereocenters. The van der Waals surface area contributed by atoms with Gasteiger partial charge in [-0.1, -0.05) is 12.8 Å². The molecule has 5 nitrogen and oxygen atoms in total. The van der Waals surface area contributed by atoms with Gasteiger partial charge in [0.15, 0.2) is 0 Å². The third-order valence-corrected chi connectivity index (χ3v) is 5.14. The fourth-order valence-corrected chi connectivity index (χ4v) is 3.51. The molecule has 5 heteroatoms. The zero-order valence-electron chi connectivity index (χ0n) is 13.2. The fourth-order valence-electron chi connectivity index (χ4n) is 3.51. The molecule has 2 N–H and O–H groups in total. The molecular weight excluding hydrogens is 268 g/mol. The smallest absolute Gasteiger partial charge is 0.303 e. The molecule has 2 saturated carbocycles. The van der Waals surface area contributed by atoms with Gasteiger partial charge in [-0.25, -0.2) is 0 Å². The van der Waals surface area contributed by atoms with Crippen molar-refractivity contribution in [1.82, 2.24) is 10.2 Å². The van der Waals surface area contributed by atoms with E-state index in [1.807, 2.05) is 0 Å². The Morgan fingerprint density at radius 1 is 1.29 bits per heavy atom. The number of nitrogens with zero attached hydrogens (tertiary/aromatic N) is 1. The molecule has 2 aliphatic carbocycles. The number of rotatable bonds is 8. The van der Waals surface area contributed by atoms with Gasteiger partial charge in [-0.15, -0.1) is 0 Å². The van der Waals surface area contributed by atoms with Crippen molar-refractivity contribution < 1.29 is 14.7 Å². The van der Waals surface area contributed by atoms with Crippen LogP contribution in [-0.2, 0) is 9.59 Å². The number of carbonyl (C=O) groups excluding carboxylic acids is 1. The summed E-state index contributed by atoms with van der Waals surface area (Å²) in [6, 6.07) is 1.02. The molecule has 0 bridgehead atoms. The molecule has 0 aromatic rings. The summed E-state index contributed by atoms with van der Waals surface area (Å²) in [6.45, 7) is 2.77. The maximum absolute atomic E-state index is 12.2. The number of hydrogen-bond donors (Lipinski definition) is 2. The molecular formula is C16H28N2O3. The monoisotopic (exact) mass is 296 g/mol. The van der Waals surface area contributed by atoms with E-state index < -0.39 is 5.97 Å². The zero-order valence-corrected chi connectivity index (χ0v) is 13.2. The van der Waals surface area contributed by atoms with Crippen molar-refractivity contribution in [3.63, 3.8) is 0 Å². The second-order valence-corrected chi connectivity index (χ2v) is 7.00. The molecule has 2 fully saturated rings. The average molecular weight is 296 g/mol. The van der Waals surface area contributed by atoms with Crippen LogP contribution in [0.1, 0.15) is 58.3 Å². The molecule has 21 heavy (non-hydrogen) atoms. The molecule has 0 spiro atoms. The Labute approximate surface area is 127 Å². The summed E-state index contributed by atoms with van der Waals surface area (Å²) in [5.41, 5.74) is -0.304. The minimum absolute atomic E-state index is 0.00852. The highest BCUT2D eigenvalue weighted by Crippen LogP contribution is 2.44. The predicted molar refractivity (Wildman–Crippen MR) is 81.0 cm³/mol. The van der Waals surface area contributed by atoms with Crippen molar-refractivity contribution in [2.45, 2.75) is 70.4 Å². The van der Waals surface area contributed by atoms with Crippen molar-refractivity contribution >= 4 is 11.9 Å². The molecule has 0 aromatic carbocycles. The van der Waals surface area contributed by atoms with E-state index in [0.717, 1.165) is 25.7 Å². The van der Waals surface area contributed by atoms with Crippen LogP contribution in [0.5, 0.6) is 0 Å². The number of nitrogens with one attached hydrogen (secondary N) is 1. The maximum atomic E-state index is 12.2. The van der Waals surface area contributed by atoms with Gasteiger partial charge in [0.1, 0.15) is 0 Å². The third kappa shape index (κ3) is 4.70. The van der Waals surface area contributed by atoms with Gasteiger partial charge in [0, 0.05) is 25.0 Å². The summed E-state index contributed by atoms with van der Waals surface area (Å²) in [5.74, 6) is -0.777. The lowest BCUT2D eigenvalue weighted by atomic mass is 9.79. The van der Waals surface area contributed by atoms with Crippen molar-refractivity contribution in [1.29, 1.82) is 0 Å². The lowest BCUT2D eigenvalue weighted by Crippen LogP contribution is -2.42. The largest absolute Gasteiger partial charge is 0.481 e. The van der Waals surface area contributed by atoms with Gasteiger partial charge in [0.25, 0.3) is 0 Å². The first-order chi connectivity index (χ1) is 9.92. The first kappa shape index (κ1) is 16.3. The molecule has 0 radical (unpaired) electrons. The summed E-state index contributed by atoms with van der Waals surface area (Å²) >= 11 is 0. The van der Waals surface area contributed by atoms with Crippen LogP contribution in [0.15, 0.2) is 0 Å². The van der Waals surface area contributed by atoms with E-state index in [-0.39, 0.29) is 17.7 Å². The van der Waals surface area contributed by atoms with Gasteiger partial charge >= 0.3 is 5.97 Å². The fraction of sp³-hybridized carbons (Fsp3) is 0.875. The van der Waals surface area contributed by atoms with Crippen LogP contribution < -0.4 is 5.32 Å². The van der Waals surface area contributed by atoms with Crippen LogP contribution in [0.2, 0.25) is 0 Å². The van der Waals surface area contributed by atoms with Gasteiger partial charge in [-0.05, 0) is 45.1 Å². The summed E-state index contributed by atoms with van der Waals surface area (Å²) < 4.78 is 0. The highest BCUT2D eigenvalue weighted by Gasteiger charge is 2.38. The van der Waals surface area contributed by atoms with E-state index >= 15 is 0 Å². The molecule has 2 aliphatic rings. The summed E-state index contributed by atoms with van der Waals surface area (Å²) in [7, 11) is 2.11. The Bertz CT molecular complexity index is 387. The predicted octanol–water partition coefficient (Wildman–Crippen LogP) is 2.01. The molecule has 0 heterocycles. The number of carbonyl (C=O) groups is 2. The van der Waals surface area contributed by atoms with E-state index in [2.05, 4.69) is 24.2 Å². The second-order valence-electron chi connectivity index (χ2n) is 7.00. The van der Waals surface area contributed by atoms with E-state index in [1.165, 1.54) is 12.8 Å². The molecule has 1 unspecified atom stereocenters. The molecule has 2 rings (SSSR count). The van der Waals surface area contributed by atoms with E-state index in [1.54, 1.807) is 0 Å². The second kappa shape index (κ2) is 6.77. The average Bonchev–Trinajstić information content (AvgIpc) is 3.17. The summed E-state index contributed by atoms with van der Waals surface area (Å²) in [4.78, 5) is 25.5. The topological polar surface area (TPSA) is 69.6 Å². The number of hydrogen-bond acceptors (Lipinski definition) is 3. The third-order valence-electron chi connectivity index (χ3n) is 5.14. The molecule has 0 aromatic heterocycles. The minimum Gasteiger partial charge on any atom is -0.481 e. The van der Waals surface area contributed by atoms with Gasteiger partial charge in [0.2, 0.25) is 5.91 Å². The lowest BCUT2D eigenvalue weighted by Gasteiger charge is -2.28. The highest BCUT2D eigenvalue weighted by atomic mass is 16.4. The zero-order chi connectivity index (χ0) is 15.5. The van der Waals surface area contributed by atoms with Crippen LogP contribution in [-0.4, -0.2) is 47.6 Å². The molecule has 120 valence electrons. The normalized spacial score (nSPS) is 22.2. The minimum atomic E-state index is -0.786. The van der Waals surface area contributed by atoms with Crippen LogP contribution >= 0.6 is 0 Å². The van der Waals surface area contributed by atoms with E-state index in [4.69, 9.17) is 5.11 Å². The molecule has 0 aliphatic heterocycles. The standard InChI is InChI=1S/C16H28N2O3/c1-12(18(2)13-5-6-13)11-17-14(19)9-16(10-15(20)21)7-3-4-8-16/h12-13H,3-11H2,1-2H3,(H,17,19)(H,20,21). The van der Waals surface area contributed by atoms with Gasteiger partial charge < -0.3 is 10.4 Å².